The zero-order valence-corrected chi connectivity index (χ0v) is 11.1. The van der Waals surface area contributed by atoms with E-state index in [1.54, 1.807) is 0 Å². The first-order chi connectivity index (χ1) is 6.03. The molecule has 0 heterocycles. The van der Waals surface area contributed by atoms with Gasteiger partial charge in [-0.3, -0.25) is 0 Å². The van der Waals surface area contributed by atoms with Crippen LogP contribution in [0.25, 0.3) is 0 Å². The molecule has 0 amide bonds. The van der Waals surface area contributed by atoms with Crippen LogP contribution in [-0.4, -0.2) is 27.4 Å². The van der Waals surface area contributed by atoms with Crippen LogP contribution in [0.4, 0.5) is 0 Å². The van der Waals surface area contributed by atoms with Crippen molar-refractivity contribution in [3.05, 3.63) is 29.8 Å². The Kier molecular flexibility index (Phi) is 3.54. The number of carbonyl (C=O) groups is 1. The van der Waals surface area contributed by atoms with Gasteiger partial charge in [0.2, 0.25) is 0 Å². The van der Waals surface area contributed by atoms with Crippen LogP contribution in [0.5, 0.6) is 0 Å². The molecule has 0 saturated heterocycles. The number of rotatable bonds is 2. The van der Waals surface area contributed by atoms with Crippen molar-refractivity contribution in [3.63, 3.8) is 0 Å². The molecule has 13 heavy (non-hydrogen) atoms. The van der Waals surface area contributed by atoms with Crippen molar-refractivity contribution in [2.45, 2.75) is 24.2 Å². The van der Waals surface area contributed by atoms with Crippen molar-refractivity contribution in [3.8, 4) is 0 Å². The topological polar surface area (TPSA) is 17.1 Å². The standard InChI is InChI=1S/C7H5O.C4H9.Sn/c8-6-7-4-2-1-3-5-7;1-4(2)3;/h1-4,6H;1-3H3;. The Morgan fingerprint density at radius 2 is 1.85 bits per heavy atom. The average Bonchev–Trinajstić information content (AvgIpc) is 2.02. The van der Waals surface area contributed by atoms with Crippen molar-refractivity contribution in [1.29, 1.82) is 0 Å². The Hall–Kier alpha value is -0.311. The zero-order chi connectivity index (χ0) is 9.90. The second-order valence-electron chi connectivity index (χ2n) is 4.08. The molecule has 0 atom stereocenters. The van der Waals surface area contributed by atoms with Crippen LogP contribution < -0.4 is 3.58 Å². The molecule has 0 aromatic heterocycles. The number of hydrogen-bond acceptors (Lipinski definition) is 1. The van der Waals surface area contributed by atoms with Gasteiger partial charge in [0.15, 0.2) is 0 Å². The maximum absolute atomic E-state index is 10.7. The molecule has 2 heteroatoms. The molecule has 0 unspecified atom stereocenters. The summed E-state index contributed by atoms with van der Waals surface area (Å²) in [7, 11) is 0. The third-order valence-electron chi connectivity index (χ3n) is 1.60. The molecule has 0 fully saturated rings. The van der Waals surface area contributed by atoms with Gasteiger partial charge in [0, 0.05) is 0 Å². The Balaban J connectivity index is 2.94. The summed E-state index contributed by atoms with van der Waals surface area (Å²) in [5.74, 6) is 0. The van der Waals surface area contributed by atoms with Crippen LogP contribution in [0.2, 0.25) is 3.43 Å². The predicted molar refractivity (Wildman–Crippen MR) is 56.9 cm³/mol. The molecule has 1 aromatic rings. The normalized spacial score (nSPS) is 11.3. The summed E-state index contributed by atoms with van der Waals surface area (Å²) >= 11 is -0.633. The van der Waals surface area contributed by atoms with Gasteiger partial charge in [-0.05, 0) is 0 Å². The van der Waals surface area contributed by atoms with E-state index in [0.29, 0.717) is 3.43 Å². The fourth-order valence-electron chi connectivity index (χ4n) is 1.12. The van der Waals surface area contributed by atoms with Gasteiger partial charge < -0.3 is 0 Å². The summed E-state index contributed by atoms with van der Waals surface area (Å²) in [5.41, 5.74) is 0.893. The molecule has 1 nitrogen and oxygen atoms in total. The van der Waals surface area contributed by atoms with E-state index in [4.69, 9.17) is 0 Å². The third kappa shape index (κ3) is 3.51. The van der Waals surface area contributed by atoms with Crippen molar-refractivity contribution < 1.29 is 4.79 Å². The Morgan fingerprint density at radius 3 is 2.38 bits per heavy atom. The van der Waals surface area contributed by atoms with Crippen molar-refractivity contribution >= 4 is 31.0 Å². The summed E-state index contributed by atoms with van der Waals surface area (Å²) < 4.78 is 1.72. The van der Waals surface area contributed by atoms with E-state index in [1.165, 1.54) is 3.58 Å². The first-order valence-electron chi connectivity index (χ1n) is 4.35. The van der Waals surface area contributed by atoms with Crippen molar-refractivity contribution in [2.24, 2.45) is 0 Å². The van der Waals surface area contributed by atoms with Gasteiger partial charge in [-0.2, -0.15) is 0 Å². The zero-order valence-electron chi connectivity index (χ0n) is 8.29. The molecule has 0 spiro atoms. The van der Waals surface area contributed by atoms with Crippen LogP contribution in [0.3, 0.4) is 0 Å². The van der Waals surface area contributed by atoms with Gasteiger partial charge >= 0.3 is 89.8 Å². The van der Waals surface area contributed by atoms with E-state index in [-0.39, 0.29) is 0 Å². The molecule has 0 saturated carbocycles. The van der Waals surface area contributed by atoms with E-state index in [2.05, 4.69) is 26.8 Å². The summed E-state index contributed by atoms with van der Waals surface area (Å²) in [6.45, 7) is 6.75. The van der Waals surface area contributed by atoms with Gasteiger partial charge in [-0.25, -0.2) is 0 Å². The van der Waals surface area contributed by atoms with Crippen molar-refractivity contribution in [1.82, 2.24) is 0 Å². The second kappa shape index (κ2) is 4.27. The van der Waals surface area contributed by atoms with E-state index in [0.717, 1.165) is 11.8 Å². The predicted octanol–water partition coefficient (Wildman–Crippen LogP) is 2.05. The maximum atomic E-state index is 10.7. The first-order valence-corrected chi connectivity index (χ1v) is 7.21. The number of hydrogen-bond donors (Lipinski definition) is 0. The van der Waals surface area contributed by atoms with E-state index in [9.17, 15) is 4.79 Å². The molecule has 68 valence electrons. The van der Waals surface area contributed by atoms with Crippen LogP contribution >= 0.6 is 0 Å². The molecule has 0 N–H and O–H groups in total. The van der Waals surface area contributed by atoms with Crippen LogP contribution in [0.15, 0.2) is 24.3 Å². The molecule has 0 aliphatic heterocycles. The quantitative estimate of drug-likeness (QED) is 0.599. The molecule has 1 rings (SSSR count). The molecule has 0 aliphatic carbocycles. The fourth-order valence-corrected chi connectivity index (χ4v) is 4.75. The van der Waals surface area contributed by atoms with E-state index < -0.39 is 21.1 Å². The monoisotopic (exact) mass is 282 g/mol. The molecule has 0 aliphatic rings. The number of aldehydes is 1. The van der Waals surface area contributed by atoms with Gasteiger partial charge in [0.1, 0.15) is 0 Å². The molecule has 2 radical (unpaired) electrons. The summed E-state index contributed by atoms with van der Waals surface area (Å²) in [5, 5.41) is 0. The van der Waals surface area contributed by atoms with Crippen LogP contribution in [-0.2, 0) is 0 Å². The fraction of sp³-hybridized carbons (Fsp3) is 0.364. The minimum absolute atomic E-state index is 0.405. The summed E-state index contributed by atoms with van der Waals surface area (Å²) in [6.07, 6.45) is 0.974. The molecular weight excluding hydrogens is 267 g/mol. The molecule has 1 aromatic carbocycles. The van der Waals surface area contributed by atoms with Crippen molar-refractivity contribution in [2.75, 3.05) is 0 Å². The van der Waals surface area contributed by atoms with Gasteiger partial charge in [-0.15, -0.1) is 0 Å². The van der Waals surface area contributed by atoms with E-state index in [1.807, 2.05) is 18.2 Å². The number of carbonyl (C=O) groups excluding carboxylic acids is 1. The molecular formula is C11H14OSn. The Morgan fingerprint density at radius 1 is 1.23 bits per heavy atom. The minimum atomic E-state index is -0.633. The molecule has 0 bridgehead atoms. The van der Waals surface area contributed by atoms with E-state index >= 15 is 0 Å². The Labute approximate surface area is 89.8 Å². The third-order valence-corrected chi connectivity index (χ3v) is 5.81. The number of benzene rings is 1. The SMILES string of the molecule is C[C](C)(C)[Sn][c]1ccccc1C=O. The van der Waals surface area contributed by atoms with Gasteiger partial charge in [-0.1, -0.05) is 0 Å². The van der Waals surface area contributed by atoms with Gasteiger partial charge in [0.05, 0.1) is 0 Å². The Bertz CT molecular complexity index is 299. The van der Waals surface area contributed by atoms with Crippen LogP contribution in [0, 0.1) is 0 Å². The summed E-state index contributed by atoms with van der Waals surface area (Å²) in [6, 6.07) is 7.96. The van der Waals surface area contributed by atoms with Crippen LogP contribution in [0.1, 0.15) is 31.1 Å². The van der Waals surface area contributed by atoms with Gasteiger partial charge in [0.25, 0.3) is 0 Å². The summed E-state index contributed by atoms with van der Waals surface area (Å²) in [4.78, 5) is 10.7. The first kappa shape index (κ1) is 10.8. The average molecular weight is 281 g/mol. The second-order valence-corrected chi connectivity index (χ2v) is 10.6.